The minimum atomic E-state index is -0.0785. The maximum absolute atomic E-state index is 12.8. The predicted molar refractivity (Wildman–Crippen MR) is 140 cm³/mol. The molecule has 0 atom stereocenters. The van der Waals surface area contributed by atoms with Crippen molar-refractivity contribution in [2.75, 3.05) is 39.5 Å². The van der Waals surface area contributed by atoms with Crippen LogP contribution in [0.1, 0.15) is 45.9 Å². The van der Waals surface area contributed by atoms with Gasteiger partial charge in [0.2, 0.25) is 0 Å². The van der Waals surface area contributed by atoms with Crippen molar-refractivity contribution < 1.29 is 14.3 Å². The molecule has 2 bridgehead atoms. The summed E-state index contributed by atoms with van der Waals surface area (Å²) < 4.78 is 11.9. The van der Waals surface area contributed by atoms with Crippen LogP contribution in [0, 0.1) is 5.92 Å². The van der Waals surface area contributed by atoms with Gasteiger partial charge in [0, 0.05) is 56.2 Å². The van der Waals surface area contributed by atoms with Gasteiger partial charge in [-0.05, 0) is 40.8 Å². The molecule has 4 rings (SSSR count). The van der Waals surface area contributed by atoms with Gasteiger partial charge in [-0.1, -0.05) is 38.1 Å². The van der Waals surface area contributed by atoms with Crippen molar-refractivity contribution in [1.82, 2.24) is 15.2 Å². The molecular weight excluding hydrogens is 458 g/mol. The van der Waals surface area contributed by atoms with Crippen LogP contribution in [0.4, 0.5) is 0 Å². The van der Waals surface area contributed by atoms with Crippen molar-refractivity contribution in [3.8, 4) is 5.75 Å². The average Bonchev–Trinajstić information content (AvgIpc) is 3.35. The van der Waals surface area contributed by atoms with Crippen LogP contribution in [0.3, 0.4) is 0 Å². The molecule has 3 aromatic rings. The minimum absolute atomic E-state index is 0.0785. The molecule has 7 heteroatoms. The number of benzene rings is 2. The second kappa shape index (κ2) is 12.8. The molecule has 1 amide bonds. The molecule has 1 aromatic heterocycles. The quantitative estimate of drug-likeness (QED) is 0.545. The highest BCUT2D eigenvalue weighted by molar-refractivity contribution is 7.09. The summed E-state index contributed by atoms with van der Waals surface area (Å²) in [6.07, 6.45) is 3.23. The molecule has 0 radical (unpaired) electrons. The van der Waals surface area contributed by atoms with Crippen LogP contribution in [0.15, 0.2) is 54.0 Å². The Morgan fingerprint density at radius 1 is 1.14 bits per heavy atom. The molecule has 1 aliphatic rings. The number of rotatable bonds is 6. The molecule has 0 unspecified atom stereocenters. The summed E-state index contributed by atoms with van der Waals surface area (Å²) in [4.78, 5) is 19.6. The lowest BCUT2D eigenvalue weighted by Crippen LogP contribution is -2.31. The topological polar surface area (TPSA) is 63.7 Å². The Morgan fingerprint density at radius 2 is 2.03 bits per heavy atom. The number of hydrogen-bond donors (Lipinski definition) is 1. The largest absolute Gasteiger partial charge is 0.491 e. The van der Waals surface area contributed by atoms with E-state index in [1.807, 2.05) is 23.6 Å². The van der Waals surface area contributed by atoms with E-state index in [-0.39, 0.29) is 5.91 Å². The third-order valence-electron chi connectivity index (χ3n) is 5.88. The minimum Gasteiger partial charge on any atom is -0.491 e. The Labute approximate surface area is 212 Å². The smallest absolute Gasteiger partial charge is 0.251 e. The number of amides is 1. The van der Waals surface area contributed by atoms with Gasteiger partial charge in [-0.25, -0.2) is 4.98 Å². The number of thiazole rings is 1. The highest BCUT2D eigenvalue weighted by Crippen LogP contribution is 2.25. The number of carbonyl (C=O) groups excluding carboxylic acids is 1. The van der Waals surface area contributed by atoms with E-state index in [2.05, 4.69) is 53.3 Å². The van der Waals surface area contributed by atoms with Gasteiger partial charge >= 0.3 is 0 Å². The van der Waals surface area contributed by atoms with Crippen LogP contribution < -0.4 is 10.1 Å². The Kier molecular flexibility index (Phi) is 9.28. The molecule has 6 nitrogen and oxygen atoms in total. The van der Waals surface area contributed by atoms with E-state index >= 15 is 0 Å². The number of nitrogens with one attached hydrogen (secondary N) is 1. The maximum Gasteiger partial charge on any atom is 0.251 e. The highest BCUT2D eigenvalue weighted by Gasteiger charge is 2.14. The summed E-state index contributed by atoms with van der Waals surface area (Å²) in [5.41, 5.74) is 4.15. The first-order valence-electron chi connectivity index (χ1n) is 12.4. The van der Waals surface area contributed by atoms with Crippen LogP contribution in [0.2, 0.25) is 0 Å². The van der Waals surface area contributed by atoms with E-state index in [1.165, 1.54) is 11.1 Å². The van der Waals surface area contributed by atoms with Gasteiger partial charge in [0.15, 0.2) is 0 Å². The summed E-state index contributed by atoms with van der Waals surface area (Å²) in [5.74, 6) is 1.32. The Morgan fingerprint density at radius 3 is 2.86 bits per heavy atom. The van der Waals surface area contributed by atoms with Crippen molar-refractivity contribution in [2.45, 2.75) is 33.2 Å². The van der Waals surface area contributed by atoms with Crippen molar-refractivity contribution >= 4 is 17.2 Å². The molecule has 186 valence electrons. The van der Waals surface area contributed by atoms with Crippen molar-refractivity contribution in [3.63, 3.8) is 0 Å². The van der Waals surface area contributed by atoms with Gasteiger partial charge in [0.1, 0.15) is 12.4 Å². The number of fused-ring (bicyclic) bond motifs is 3. The zero-order valence-corrected chi connectivity index (χ0v) is 21.5. The number of hydrogen-bond acceptors (Lipinski definition) is 6. The third-order valence-corrected chi connectivity index (χ3v) is 6.72. The molecule has 1 aliphatic heterocycles. The number of carbonyl (C=O) groups is 1. The molecule has 0 spiro atoms. The van der Waals surface area contributed by atoms with E-state index in [0.717, 1.165) is 42.4 Å². The lowest BCUT2D eigenvalue weighted by atomic mass is 9.99. The zero-order chi connectivity index (χ0) is 24.5. The fraction of sp³-hybridized carbons (Fsp3) is 0.429. The lowest BCUT2D eigenvalue weighted by molar-refractivity contribution is 0.0746. The van der Waals surface area contributed by atoms with Gasteiger partial charge in [-0.3, -0.25) is 9.69 Å². The fourth-order valence-corrected chi connectivity index (χ4v) is 4.96. The van der Waals surface area contributed by atoms with E-state index < -0.39 is 0 Å². The normalized spacial score (nSPS) is 15.2. The van der Waals surface area contributed by atoms with Crippen LogP contribution in [-0.2, 0) is 24.1 Å². The molecule has 2 heterocycles. The standard InChI is InChI=1S/C28H35N3O3S/c1-21(2)19-31-11-12-33-13-14-34-26-7-6-24(28(32)30-9-8-27-29-10-15-35-27)18-25(26)17-22-4-3-5-23(16-22)20-31/h3-7,10,15-16,18,21H,8-9,11-14,17,19-20H2,1-2H3,(H,30,32). The van der Waals surface area contributed by atoms with Crippen LogP contribution in [0.5, 0.6) is 5.75 Å². The van der Waals surface area contributed by atoms with Gasteiger partial charge in [-0.15, -0.1) is 11.3 Å². The third kappa shape index (κ3) is 7.88. The fourth-order valence-electron chi connectivity index (χ4n) is 4.33. The molecule has 35 heavy (non-hydrogen) atoms. The SMILES string of the molecule is CC(C)CN1CCOCCOc2ccc(C(=O)NCCc3nccs3)cc2Cc2cccc(c2)C1. The van der Waals surface area contributed by atoms with E-state index in [4.69, 9.17) is 9.47 Å². The molecule has 0 saturated carbocycles. The summed E-state index contributed by atoms with van der Waals surface area (Å²) in [6.45, 7) is 9.61. The molecule has 0 saturated heterocycles. The first-order valence-corrected chi connectivity index (χ1v) is 13.2. The average molecular weight is 494 g/mol. The Bertz CT molecular complexity index is 1080. The van der Waals surface area contributed by atoms with Gasteiger partial charge in [-0.2, -0.15) is 0 Å². The molecule has 0 aliphatic carbocycles. The lowest BCUT2D eigenvalue weighted by Gasteiger charge is -2.25. The molecule has 2 aromatic carbocycles. The van der Waals surface area contributed by atoms with Crippen molar-refractivity contribution in [2.24, 2.45) is 5.92 Å². The van der Waals surface area contributed by atoms with E-state index in [1.54, 1.807) is 17.5 Å². The summed E-state index contributed by atoms with van der Waals surface area (Å²) in [5, 5.41) is 5.99. The van der Waals surface area contributed by atoms with Crippen LogP contribution in [-0.4, -0.2) is 55.2 Å². The first-order chi connectivity index (χ1) is 17.1. The predicted octanol–water partition coefficient (Wildman–Crippen LogP) is 4.57. The molecular formula is C28H35N3O3S. The Hall–Kier alpha value is -2.74. The number of aromatic nitrogens is 1. The van der Waals surface area contributed by atoms with Crippen LogP contribution in [0.25, 0.3) is 0 Å². The van der Waals surface area contributed by atoms with Gasteiger partial charge in [0.25, 0.3) is 5.91 Å². The molecule has 0 fully saturated rings. The van der Waals surface area contributed by atoms with E-state index in [0.29, 0.717) is 44.3 Å². The first kappa shape index (κ1) is 25.4. The second-order valence-electron chi connectivity index (χ2n) is 9.34. The van der Waals surface area contributed by atoms with Crippen molar-refractivity contribution in [3.05, 3.63) is 81.3 Å². The molecule has 1 N–H and O–H groups in total. The highest BCUT2D eigenvalue weighted by atomic mass is 32.1. The summed E-state index contributed by atoms with van der Waals surface area (Å²) in [6, 6.07) is 14.4. The second-order valence-corrected chi connectivity index (χ2v) is 10.3. The zero-order valence-electron chi connectivity index (χ0n) is 20.7. The monoisotopic (exact) mass is 493 g/mol. The van der Waals surface area contributed by atoms with Gasteiger partial charge < -0.3 is 14.8 Å². The number of ether oxygens (including phenoxy) is 2. The Balaban J connectivity index is 1.51. The van der Waals surface area contributed by atoms with Crippen LogP contribution >= 0.6 is 11.3 Å². The summed E-state index contributed by atoms with van der Waals surface area (Å²) >= 11 is 1.60. The number of nitrogens with zero attached hydrogens (tertiary/aromatic N) is 2. The van der Waals surface area contributed by atoms with Gasteiger partial charge in [0.05, 0.1) is 18.2 Å². The maximum atomic E-state index is 12.8. The van der Waals surface area contributed by atoms with E-state index in [9.17, 15) is 4.79 Å². The summed E-state index contributed by atoms with van der Waals surface area (Å²) in [7, 11) is 0. The van der Waals surface area contributed by atoms with Crippen molar-refractivity contribution in [1.29, 1.82) is 0 Å².